The van der Waals surface area contributed by atoms with Crippen molar-refractivity contribution in [2.75, 3.05) is 0 Å². The van der Waals surface area contributed by atoms with Crippen molar-refractivity contribution in [1.29, 1.82) is 0 Å². The molecule has 1 amide bonds. The van der Waals surface area contributed by atoms with Gasteiger partial charge in [0.1, 0.15) is 18.4 Å². The molecule has 1 unspecified atom stereocenters. The predicted molar refractivity (Wildman–Crippen MR) is 111 cm³/mol. The molecule has 0 spiro atoms. The van der Waals surface area contributed by atoms with E-state index in [9.17, 15) is 14.7 Å². The van der Waals surface area contributed by atoms with E-state index in [0.717, 1.165) is 11.1 Å². The van der Waals surface area contributed by atoms with E-state index in [1.165, 1.54) is 12.5 Å². The van der Waals surface area contributed by atoms with Crippen LogP contribution < -0.4 is 15.8 Å². The van der Waals surface area contributed by atoms with Crippen LogP contribution >= 0.6 is 0 Å². The molecule has 0 radical (unpaired) electrons. The first-order chi connectivity index (χ1) is 14.5. The van der Waals surface area contributed by atoms with Crippen LogP contribution in [0.4, 0.5) is 0 Å². The van der Waals surface area contributed by atoms with E-state index in [1.807, 2.05) is 54.6 Å². The van der Waals surface area contributed by atoms with Crippen LogP contribution in [0.1, 0.15) is 16.8 Å². The lowest BCUT2D eigenvalue weighted by molar-refractivity contribution is -0.142. The SMILES string of the molecule is NC(Cc1ccc(OCc2ccccc2)cc1)C(=O)N[C@H](Cc1cnc[nH]1)C(=O)O. The summed E-state index contributed by atoms with van der Waals surface area (Å²) in [5.74, 6) is -0.942. The van der Waals surface area contributed by atoms with Gasteiger partial charge < -0.3 is 25.9 Å². The van der Waals surface area contributed by atoms with Crippen molar-refractivity contribution in [2.45, 2.75) is 31.5 Å². The molecule has 3 aromatic rings. The highest BCUT2D eigenvalue weighted by Gasteiger charge is 2.24. The van der Waals surface area contributed by atoms with E-state index in [-0.39, 0.29) is 12.8 Å². The number of nitrogens with zero attached hydrogens (tertiary/aromatic N) is 1. The molecular formula is C22H24N4O4. The standard InChI is InChI=1S/C22H24N4O4/c23-19(21(27)26-20(22(28)29)11-17-12-24-14-25-17)10-15-6-8-18(9-7-15)30-13-16-4-2-1-3-5-16/h1-9,12,14,19-20H,10-11,13,23H2,(H,24,25)(H,26,27)(H,28,29)/t19?,20-/m1/s1. The van der Waals surface area contributed by atoms with Crippen LogP contribution in [0, 0.1) is 0 Å². The summed E-state index contributed by atoms with van der Waals surface area (Å²) in [6.45, 7) is 0.467. The van der Waals surface area contributed by atoms with Gasteiger partial charge >= 0.3 is 5.97 Å². The minimum atomic E-state index is -1.13. The van der Waals surface area contributed by atoms with Crippen molar-refractivity contribution in [3.63, 3.8) is 0 Å². The van der Waals surface area contributed by atoms with Crippen molar-refractivity contribution < 1.29 is 19.4 Å². The third-order valence-electron chi connectivity index (χ3n) is 4.56. The third kappa shape index (κ3) is 6.18. The van der Waals surface area contributed by atoms with Crippen LogP contribution in [0.25, 0.3) is 0 Å². The number of imidazole rings is 1. The number of H-pyrrole nitrogens is 1. The maximum atomic E-state index is 12.4. The van der Waals surface area contributed by atoms with Crippen LogP contribution in [0.2, 0.25) is 0 Å². The number of benzene rings is 2. The molecule has 2 atom stereocenters. The van der Waals surface area contributed by atoms with Crippen molar-refractivity contribution in [3.8, 4) is 5.75 Å². The molecule has 0 aliphatic rings. The second-order valence-corrected chi connectivity index (χ2v) is 6.91. The molecule has 0 saturated heterocycles. The number of amides is 1. The highest BCUT2D eigenvalue weighted by Crippen LogP contribution is 2.15. The van der Waals surface area contributed by atoms with Gasteiger partial charge in [-0.15, -0.1) is 0 Å². The lowest BCUT2D eigenvalue weighted by atomic mass is 10.0. The number of ether oxygens (including phenoxy) is 1. The summed E-state index contributed by atoms with van der Waals surface area (Å²) in [7, 11) is 0. The summed E-state index contributed by atoms with van der Waals surface area (Å²) < 4.78 is 5.74. The van der Waals surface area contributed by atoms with Crippen molar-refractivity contribution in [1.82, 2.24) is 15.3 Å². The van der Waals surface area contributed by atoms with Crippen molar-refractivity contribution in [2.24, 2.45) is 5.73 Å². The summed E-state index contributed by atoms with van der Waals surface area (Å²) in [5, 5.41) is 11.8. The molecular weight excluding hydrogens is 384 g/mol. The zero-order chi connectivity index (χ0) is 21.3. The number of aromatic nitrogens is 2. The van der Waals surface area contributed by atoms with E-state index in [2.05, 4.69) is 15.3 Å². The monoisotopic (exact) mass is 408 g/mol. The zero-order valence-electron chi connectivity index (χ0n) is 16.3. The molecule has 0 bridgehead atoms. The molecule has 8 nitrogen and oxygen atoms in total. The Hall–Kier alpha value is -3.65. The molecule has 3 rings (SSSR count). The van der Waals surface area contributed by atoms with Gasteiger partial charge in [0.25, 0.3) is 0 Å². The molecule has 1 aromatic heterocycles. The van der Waals surface area contributed by atoms with Gasteiger partial charge in [-0.25, -0.2) is 9.78 Å². The van der Waals surface area contributed by atoms with Crippen LogP contribution in [-0.2, 0) is 29.0 Å². The highest BCUT2D eigenvalue weighted by molar-refractivity contribution is 5.87. The quantitative estimate of drug-likeness (QED) is 0.404. The number of nitrogens with one attached hydrogen (secondary N) is 2. The number of nitrogens with two attached hydrogens (primary N) is 1. The Bertz CT molecular complexity index is 943. The van der Waals surface area contributed by atoms with Gasteiger partial charge in [-0.2, -0.15) is 0 Å². The van der Waals surface area contributed by atoms with Crippen molar-refractivity contribution >= 4 is 11.9 Å². The lowest BCUT2D eigenvalue weighted by Gasteiger charge is -2.17. The largest absolute Gasteiger partial charge is 0.489 e. The molecule has 156 valence electrons. The Kier molecular flexibility index (Phi) is 7.18. The van der Waals surface area contributed by atoms with E-state index in [0.29, 0.717) is 18.1 Å². The second-order valence-electron chi connectivity index (χ2n) is 6.91. The van der Waals surface area contributed by atoms with Crippen LogP contribution in [0.3, 0.4) is 0 Å². The second kappa shape index (κ2) is 10.2. The van der Waals surface area contributed by atoms with E-state index >= 15 is 0 Å². The Morgan fingerprint density at radius 1 is 1.07 bits per heavy atom. The molecule has 30 heavy (non-hydrogen) atoms. The smallest absolute Gasteiger partial charge is 0.326 e. The van der Waals surface area contributed by atoms with Gasteiger partial charge in [-0.1, -0.05) is 42.5 Å². The number of hydrogen-bond donors (Lipinski definition) is 4. The van der Waals surface area contributed by atoms with Crippen LogP contribution in [0.5, 0.6) is 5.75 Å². The number of carbonyl (C=O) groups excluding carboxylic acids is 1. The molecule has 2 aromatic carbocycles. The molecule has 0 aliphatic carbocycles. The van der Waals surface area contributed by atoms with E-state index in [1.54, 1.807) is 0 Å². The Morgan fingerprint density at radius 3 is 2.43 bits per heavy atom. The predicted octanol–water partition coefficient (Wildman–Crippen LogP) is 1.67. The number of rotatable bonds is 10. The number of carboxylic acids is 1. The summed E-state index contributed by atoms with van der Waals surface area (Å²) in [4.78, 5) is 30.5. The number of aliphatic carboxylic acids is 1. The Labute approximate surface area is 174 Å². The van der Waals surface area contributed by atoms with Gasteiger partial charge in [0.15, 0.2) is 0 Å². The average molecular weight is 408 g/mol. The molecule has 1 heterocycles. The minimum Gasteiger partial charge on any atom is -0.489 e. The van der Waals surface area contributed by atoms with Crippen molar-refractivity contribution in [3.05, 3.63) is 83.9 Å². The Morgan fingerprint density at radius 2 is 1.80 bits per heavy atom. The molecule has 0 saturated carbocycles. The van der Waals surface area contributed by atoms with E-state index < -0.39 is 24.0 Å². The third-order valence-corrected chi connectivity index (χ3v) is 4.56. The Balaban J connectivity index is 1.50. The molecule has 0 aliphatic heterocycles. The zero-order valence-corrected chi connectivity index (χ0v) is 16.3. The molecule has 0 fully saturated rings. The molecule has 8 heteroatoms. The van der Waals surface area contributed by atoms with Crippen LogP contribution in [-0.4, -0.2) is 39.0 Å². The van der Waals surface area contributed by atoms with E-state index in [4.69, 9.17) is 10.5 Å². The normalized spacial score (nSPS) is 12.7. The minimum absolute atomic E-state index is 0.0985. The van der Waals surface area contributed by atoms with Gasteiger partial charge in [0.05, 0.1) is 12.4 Å². The van der Waals surface area contributed by atoms with Crippen LogP contribution in [0.15, 0.2) is 67.1 Å². The van der Waals surface area contributed by atoms with Gasteiger partial charge in [-0.3, -0.25) is 4.79 Å². The average Bonchev–Trinajstić information content (AvgIpc) is 3.26. The summed E-state index contributed by atoms with van der Waals surface area (Å²) >= 11 is 0. The van der Waals surface area contributed by atoms with Gasteiger partial charge in [0.2, 0.25) is 5.91 Å². The topological polar surface area (TPSA) is 130 Å². The highest BCUT2D eigenvalue weighted by atomic mass is 16.5. The number of carbonyl (C=O) groups is 2. The maximum Gasteiger partial charge on any atom is 0.326 e. The first-order valence-corrected chi connectivity index (χ1v) is 9.53. The summed E-state index contributed by atoms with van der Waals surface area (Å²) in [6.07, 6.45) is 3.35. The van der Waals surface area contributed by atoms with Gasteiger partial charge in [-0.05, 0) is 29.7 Å². The fourth-order valence-corrected chi connectivity index (χ4v) is 2.90. The first-order valence-electron chi connectivity index (χ1n) is 9.53. The molecule has 5 N–H and O–H groups in total. The lowest BCUT2D eigenvalue weighted by Crippen LogP contribution is -2.50. The van der Waals surface area contributed by atoms with Gasteiger partial charge in [0, 0.05) is 18.3 Å². The fraction of sp³-hybridized carbons (Fsp3) is 0.227. The number of carboxylic acid groups (broad SMARTS) is 1. The summed E-state index contributed by atoms with van der Waals surface area (Å²) in [5.41, 5.74) is 8.53. The fourth-order valence-electron chi connectivity index (χ4n) is 2.90. The summed E-state index contributed by atoms with van der Waals surface area (Å²) in [6, 6.07) is 15.2. The number of aromatic amines is 1. The number of hydrogen-bond acceptors (Lipinski definition) is 5. The first kappa shape index (κ1) is 21.1. The maximum absolute atomic E-state index is 12.4.